The van der Waals surface area contributed by atoms with Gasteiger partial charge in [0.15, 0.2) is 0 Å². The first kappa shape index (κ1) is 10.9. The Morgan fingerprint density at radius 3 is 2.86 bits per heavy atom. The largest absolute Gasteiger partial charge is 0.426 e. The standard InChI is InChI=1S/C11H12O2S/c1-3-9-4-5-10(6-8(9)2)13-11(12)7-14/h3-6,14H,1,7H2,2H3. The van der Waals surface area contributed by atoms with Crippen LogP contribution in [0.25, 0.3) is 6.08 Å². The maximum Gasteiger partial charge on any atom is 0.321 e. The van der Waals surface area contributed by atoms with Gasteiger partial charge in [0.1, 0.15) is 5.75 Å². The van der Waals surface area contributed by atoms with Crippen LogP contribution < -0.4 is 4.74 Å². The molecule has 3 heteroatoms. The van der Waals surface area contributed by atoms with Crippen LogP contribution >= 0.6 is 12.6 Å². The van der Waals surface area contributed by atoms with E-state index in [1.165, 1.54) is 0 Å². The molecule has 0 aliphatic carbocycles. The van der Waals surface area contributed by atoms with Gasteiger partial charge < -0.3 is 4.74 Å². The first-order valence-electron chi connectivity index (χ1n) is 4.22. The van der Waals surface area contributed by atoms with Crippen molar-refractivity contribution in [3.63, 3.8) is 0 Å². The van der Waals surface area contributed by atoms with Crippen molar-refractivity contribution < 1.29 is 9.53 Å². The van der Waals surface area contributed by atoms with Crippen molar-refractivity contribution >= 4 is 24.7 Å². The zero-order valence-corrected chi connectivity index (χ0v) is 8.88. The summed E-state index contributed by atoms with van der Waals surface area (Å²) in [7, 11) is 0. The second kappa shape index (κ2) is 4.86. The summed E-state index contributed by atoms with van der Waals surface area (Å²) in [4.78, 5) is 10.9. The lowest BCUT2D eigenvalue weighted by molar-refractivity contribution is -0.131. The number of carbonyl (C=O) groups is 1. The Bertz CT molecular complexity index is 358. The van der Waals surface area contributed by atoms with Gasteiger partial charge in [-0.05, 0) is 30.2 Å². The average Bonchev–Trinajstić information content (AvgIpc) is 2.18. The van der Waals surface area contributed by atoms with Crippen LogP contribution in [0.3, 0.4) is 0 Å². The fourth-order valence-electron chi connectivity index (χ4n) is 1.10. The second-order valence-corrected chi connectivity index (χ2v) is 3.17. The summed E-state index contributed by atoms with van der Waals surface area (Å²) in [6.45, 7) is 5.62. The number of esters is 1. The minimum Gasteiger partial charge on any atom is -0.426 e. The number of carbonyl (C=O) groups excluding carboxylic acids is 1. The SMILES string of the molecule is C=Cc1ccc(OC(=O)CS)cc1C. The molecular weight excluding hydrogens is 196 g/mol. The average molecular weight is 208 g/mol. The third kappa shape index (κ3) is 2.64. The van der Waals surface area contributed by atoms with E-state index in [-0.39, 0.29) is 11.7 Å². The van der Waals surface area contributed by atoms with Gasteiger partial charge in [0.2, 0.25) is 0 Å². The van der Waals surface area contributed by atoms with E-state index in [0.717, 1.165) is 11.1 Å². The van der Waals surface area contributed by atoms with Crippen LogP contribution in [0.1, 0.15) is 11.1 Å². The van der Waals surface area contributed by atoms with Crippen LogP contribution in [0.5, 0.6) is 5.75 Å². The molecule has 0 atom stereocenters. The number of hydrogen-bond acceptors (Lipinski definition) is 3. The summed E-state index contributed by atoms with van der Waals surface area (Å²) in [6, 6.07) is 5.41. The summed E-state index contributed by atoms with van der Waals surface area (Å²) < 4.78 is 4.99. The number of thiol groups is 1. The number of hydrogen-bond donors (Lipinski definition) is 1. The molecule has 2 nitrogen and oxygen atoms in total. The molecule has 0 saturated heterocycles. The summed E-state index contributed by atoms with van der Waals surface area (Å²) >= 11 is 3.82. The van der Waals surface area contributed by atoms with Crippen LogP contribution in [0.15, 0.2) is 24.8 Å². The number of aryl methyl sites for hydroxylation is 1. The van der Waals surface area contributed by atoms with Gasteiger partial charge in [-0.25, -0.2) is 0 Å². The van der Waals surface area contributed by atoms with E-state index in [2.05, 4.69) is 19.2 Å². The van der Waals surface area contributed by atoms with Gasteiger partial charge >= 0.3 is 5.97 Å². The lowest BCUT2D eigenvalue weighted by Gasteiger charge is -2.05. The molecule has 0 saturated carbocycles. The van der Waals surface area contributed by atoms with E-state index in [1.54, 1.807) is 18.2 Å². The minimum absolute atomic E-state index is 0.0856. The Balaban J connectivity index is 2.86. The van der Waals surface area contributed by atoms with Crippen molar-refractivity contribution in [1.29, 1.82) is 0 Å². The molecule has 74 valence electrons. The third-order valence-corrected chi connectivity index (χ3v) is 2.08. The normalized spacial score (nSPS) is 9.57. The molecule has 0 radical (unpaired) electrons. The first-order valence-corrected chi connectivity index (χ1v) is 4.85. The van der Waals surface area contributed by atoms with Gasteiger partial charge in [0, 0.05) is 0 Å². The van der Waals surface area contributed by atoms with E-state index >= 15 is 0 Å². The molecule has 0 amide bonds. The van der Waals surface area contributed by atoms with Gasteiger partial charge in [-0.2, -0.15) is 12.6 Å². The first-order chi connectivity index (χ1) is 6.67. The molecule has 0 aromatic heterocycles. The highest BCUT2D eigenvalue weighted by atomic mass is 32.1. The minimum atomic E-state index is -0.348. The quantitative estimate of drug-likeness (QED) is 0.469. The fraction of sp³-hybridized carbons (Fsp3) is 0.182. The molecule has 0 aliphatic rings. The van der Waals surface area contributed by atoms with Crippen molar-refractivity contribution in [3.8, 4) is 5.75 Å². The lowest BCUT2D eigenvalue weighted by Crippen LogP contribution is -2.08. The number of benzene rings is 1. The summed E-state index contributed by atoms with van der Waals surface area (Å²) in [6.07, 6.45) is 1.76. The summed E-state index contributed by atoms with van der Waals surface area (Å²) in [5, 5.41) is 0. The second-order valence-electron chi connectivity index (χ2n) is 2.85. The highest BCUT2D eigenvalue weighted by Crippen LogP contribution is 2.18. The predicted octanol–water partition coefficient (Wildman–Crippen LogP) is 2.47. The zero-order chi connectivity index (χ0) is 10.6. The molecule has 0 aliphatic heterocycles. The Morgan fingerprint density at radius 1 is 1.64 bits per heavy atom. The van der Waals surface area contributed by atoms with Crippen LogP contribution in [0.4, 0.5) is 0 Å². The molecule has 0 unspecified atom stereocenters. The van der Waals surface area contributed by atoms with Gasteiger partial charge in [0.05, 0.1) is 5.75 Å². The third-order valence-electron chi connectivity index (χ3n) is 1.82. The molecule has 0 heterocycles. The van der Waals surface area contributed by atoms with Crippen LogP contribution in [0, 0.1) is 6.92 Å². The van der Waals surface area contributed by atoms with Gasteiger partial charge in [-0.1, -0.05) is 18.7 Å². The molecule has 0 spiro atoms. The van der Waals surface area contributed by atoms with Gasteiger partial charge in [-0.15, -0.1) is 0 Å². The van der Waals surface area contributed by atoms with Crippen LogP contribution in [-0.2, 0) is 4.79 Å². The lowest BCUT2D eigenvalue weighted by atomic mass is 10.1. The number of ether oxygens (including phenoxy) is 1. The Kier molecular flexibility index (Phi) is 3.77. The highest BCUT2D eigenvalue weighted by Gasteiger charge is 2.02. The molecule has 14 heavy (non-hydrogen) atoms. The number of rotatable bonds is 3. The molecule has 1 aromatic carbocycles. The van der Waals surface area contributed by atoms with E-state index in [9.17, 15) is 4.79 Å². The molecule has 1 aromatic rings. The Morgan fingerprint density at radius 2 is 2.36 bits per heavy atom. The van der Waals surface area contributed by atoms with Crippen molar-refractivity contribution in [2.24, 2.45) is 0 Å². The molecular formula is C11H12O2S. The van der Waals surface area contributed by atoms with Crippen molar-refractivity contribution in [3.05, 3.63) is 35.9 Å². The van der Waals surface area contributed by atoms with E-state index < -0.39 is 0 Å². The van der Waals surface area contributed by atoms with Crippen LogP contribution in [0.2, 0.25) is 0 Å². The van der Waals surface area contributed by atoms with E-state index in [4.69, 9.17) is 4.74 Å². The molecule has 0 bridgehead atoms. The maximum atomic E-state index is 10.9. The topological polar surface area (TPSA) is 26.3 Å². The van der Waals surface area contributed by atoms with Crippen molar-refractivity contribution in [1.82, 2.24) is 0 Å². The smallest absolute Gasteiger partial charge is 0.321 e. The zero-order valence-electron chi connectivity index (χ0n) is 7.99. The van der Waals surface area contributed by atoms with Crippen molar-refractivity contribution in [2.75, 3.05) is 5.75 Å². The molecule has 0 fully saturated rings. The van der Waals surface area contributed by atoms with Gasteiger partial charge in [0.25, 0.3) is 0 Å². The monoisotopic (exact) mass is 208 g/mol. The van der Waals surface area contributed by atoms with E-state index in [1.807, 2.05) is 13.0 Å². The summed E-state index contributed by atoms with van der Waals surface area (Å²) in [5.41, 5.74) is 2.07. The van der Waals surface area contributed by atoms with Gasteiger partial charge in [-0.3, -0.25) is 4.79 Å². The van der Waals surface area contributed by atoms with Crippen molar-refractivity contribution in [2.45, 2.75) is 6.92 Å². The van der Waals surface area contributed by atoms with Crippen LogP contribution in [-0.4, -0.2) is 11.7 Å². The maximum absolute atomic E-state index is 10.9. The fourth-order valence-corrected chi connectivity index (χ4v) is 1.17. The predicted molar refractivity (Wildman–Crippen MR) is 60.8 cm³/mol. The summed E-state index contributed by atoms with van der Waals surface area (Å²) in [5.74, 6) is 0.286. The highest BCUT2D eigenvalue weighted by molar-refractivity contribution is 7.81. The van der Waals surface area contributed by atoms with E-state index in [0.29, 0.717) is 5.75 Å². The molecule has 0 N–H and O–H groups in total. The Hall–Kier alpha value is -1.22. The Labute approximate surface area is 89.0 Å². The molecule has 1 rings (SSSR count).